The number of rotatable bonds is 12. The first-order valence-corrected chi connectivity index (χ1v) is 13.5. The molecule has 1 saturated heterocycles. The van der Waals surface area contributed by atoms with Crippen molar-refractivity contribution in [1.29, 1.82) is 0 Å². The summed E-state index contributed by atoms with van der Waals surface area (Å²) in [6.45, 7) is 6.10. The number of sulfonamides is 1. The Morgan fingerprint density at radius 3 is 2.63 bits per heavy atom. The smallest absolute Gasteiger partial charge is 0.408 e. The monoisotopic (exact) mass is 508 g/mol. The van der Waals surface area contributed by atoms with Gasteiger partial charge in [-0.15, -0.1) is 0 Å². The van der Waals surface area contributed by atoms with Crippen LogP contribution in [-0.2, 0) is 26.0 Å². The van der Waals surface area contributed by atoms with Crippen molar-refractivity contribution in [1.82, 2.24) is 14.9 Å². The second-order valence-electron chi connectivity index (χ2n) is 9.55. The molecule has 12 heteroatoms. The number of unbranched alkanes of at least 4 members (excludes halogenated alkanes) is 1. The number of nitrogens with one attached hydrogen (secondary N) is 2. The second kappa shape index (κ2) is 13.3. The maximum absolute atomic E-state index is 13.5. The molecule has 194 valence electrons. The third kappa shape index (κ3) is 10.5. The van der Waals surface area contributed by atoms with Crippen molar-refractivity contribution in [3.63, 3.8) is 0 Å². The van der Waals surface area contributed by atoms with Gasteiger partial charge in [0.1, 0.15) is 11.6 Å². The molecule has 0 unspecified atom stereocenters. The maximum atomic E-state index is 13.5. The molecular weight excluding hydrogens is 472 g/mol. The Balaban J connectivity index is 2.03. The molecule has 1 fully saturated rings. The SMILES string of the molecule is CC(C)(C)OC(=O)N[C@H](Cc1ccccc1)C(=O)N1CCC[C@H]1CNS(=O)(=O)CCCCN=[N+]=[N-]. The van der Waals surface area contributed by atoms with Crippen LogP contribution in [0.25, 0.3) is 10.4 Å². The van der Waals surface area contributed by atoms with Crippen molar-refractivity contribution in [3.05, 3.63) is 46.3 Å². The Labute approximate surface area is 207 Å². The van der Waals surface area contributed by atoms with Gasteiger partial charge in [-0.3, -0.25) is 4.79 Å². The quantitative estimate of drug-likeness (QED) is 0.192. The number of benzene rings is 1. The largest absolute Gasteiger partial charge is 0.444 e. The number of likely N-dealkylation sites (tertiary alicyclic amines) is 1. The molecule has 1 aliphatic rings. The van der Waals surface area contributed by atoms with Gasteiger partial charge in [-0.25, -0.2) is 17.9 Å². The van der Waals surface area contributed by atoms with Gasteiger partial charge in [0.05, 0.1) is 5.75 Å². The van der Waals surface area contributed by atoms with E-state index in [1.807, 2.05) is 30.3 Å². The number of nitrogens with zero attached hydrogens (tertiary/aromatic N) is 4. The molecular formula is C23H36N6O5S. The van der Waals surface area contributed by atoms with Crippen LogP contribution < -0.4 is 10.0 Å². The van der Waals surface area contributed by atoms with E-state index >= 15 is 0 Å². The highest BCUT2D eigenvalue weighted by molar-refractivity contribution is 7.89. The van der Waals surface area contributed by atoms with Gasteiger partial charge < -0.3 is 15.0 Å². The summed E-state index contributed by atoms with van der Waals surface area (Å²) in [4.78, 5) is 30.3. The van der Waals surface area contributed by atoms with Gasteiger partial charge in [-0.1, -0.05) is 35.4 Å². The van der Waals surface area contributed by atoms with Crippen LogP contribution in [0, 0.1) is 0 Å². The lowest BCUT2D eigenvalue weighted by Gasteiger charge is -2.30. The Morgan fingerprint density at radius 1 is 1.26 bits per heavy atom. The average Bonchev–Trinajstić information content (AvgIpc) is 3.25. The molecule has 1 heterocycles. The molecule has 2 N–H and O–H groups in total. The number of hydrogen-bond donors (Lipinski definition) is 2. The van der Waals surface area contributed by atoms with Crippen LogP contribution in [0.4, 0.5) is 4.79 Å². The third-order valence-electron chi connectivity index (χ3n) is 5.46. The summed E-state index contributed by atoms with van der Waals surface area (Å²) in [5.41, 5.74) is 8.47. The Kier molecular flexibility index (Phi) is 10.8. The number of azide groups is 1. The first kappa shape index (κ1) is 28.4. The van der Waals surface area contributed by atoms with Crippen molar-refractivity contribution >= 4 is 22.0 Å². The Morgan fingerprint density at radius 2 is 1.97 bits per heavy atom. The summed E-state index contributed by atoms with van der Waals surface area (Å²) < 4.78 is 32.7. The minimum absolute atomic E-state index is 0.0779. The molecule has 0 aliphatic carbocycles. The molecule has 2 amide bonds. The highest BCUT2D eigenvalue weighted by Crippen LogP contribution is 2.20. The lowest BCUT2D eigenvalue weighted by atomic mass is 10.0. The van der Waals surface area contributed by atoms with E-state index in [1.54, 1.807) is 25.7 Å². The fourth-order valence-corrected chi connectivity index (χ4v) is 5.03. The van der Waals surface area contributed by atoms with Crippen LogP contribution in [0.2, 0.25) is 0 Å². The van der Waals surface area contributed by atoms with Crippen molar-refractivity contribution in [3.8, 4) is 0 Å². The molecule has 11 nitrogen and oxygen atoms in total. The summed E-state index contributed by atoms with van der Waals surface area (Å²) in [6, 6.07) is 8.23. The normalized spacial score (nSPS) is 16.9. The number of alkyl carbamates (subject to hydrolysis) is 1. The molecule has 0 saturated carbocycles. The van der Waals surface area contributed by atoms with E-state index in [0.29, 0.717) is 32.2 Å². The molecule has 1 aromatic rings. The molecule has 35 heavy (non-hydrogen) atoms. The standard InChI is InChI=1S/C23H36N6O5S/c1-23(2,3)34-22(31)27-20(16-18-10-5-4-6-11-18)21(30)29-14-9-12-19(29)17-26-35(32,33)15-8-7-13-25-28-24/h4-6,10-11,19-20,26H,7-9,12-17H2,1-3H3,(H,27,31)/t19-,20+/m0/s1. The fourth-order valence-electron chi connectivity index (χ4n) is 3.85. The number of carbonyl (C=O) groups excluding carboxylic acids is 2. The number of amides is 2. The van der Waals surface area contributed by atoms with Crippen molar-refractivity contribution < 1.29 is 22.7 Å². The highest BCUT2D eigenvalue weighted by Gasteiger charge is 2.35. The molecule has 0 radical (unpaired) electrons. The molecule has 1 aromatic carbocycles. The fraction of sp³-hybridized carbons (Fsp3) is 0.652. The molecule has 1 aliphatic heterocycles. The van der Waals surface area contributed by atoms with Crippen LogP contribution in [0.15, 0.2) is 35.4 Å². The van der Waals surface area contributed by atoms with Crippen LogP contribution in [-0.4, -0.2) is 68.4 Å². The van der Waals surface area contributed by atoms with Crippen molar-refractivity contribution in [2.24, 2.45) is 5.11 Å². The predicted octanol–water partition coefficient (Wildman–Crippen LogP) is 3.12. The van der Waals surface area contributed by atoms with E-state index in [9.17, 15) is 18.0 Å². The maximum Gasteiger partial charge on any atom is 0.408 e. The van der Waals surface area contributed by atoms with E-state index in [1.165, 1.54) is 0 Å². The van der Waals surface area contributed by atoms with E-state index in [0.717, 1.165) is 12.0 Å². The van der Waals surface area contributed by atoms with Gasteiger partial charge in [0, 0.05) is 37.0 Å². The zero-order valence-corrected chi connectivity index (χ0v) is 21.5. The molecule has 0 bridgehead atoms. The third-order valence-corrected chi connectivity index (χ3v) is 6.89. The minimum Gasteiger partial charge on any atom is -0.444 e. The predicted molar refractivity (Wildman–Crippen MR) is 133 cm³/mol. The zero-order chi connectivity index (χ0) is 25.9. The van der Waals surface area contributed by atoms with E-state index in [4.69, 9.17) is 10.3 Å². The molecule has 2 rings (SSSR count). The Hall–Kier alpha value is -2.82. The molecule has 0 aromatic heterocycles. The number of hydrogen-bond acceptors (Lipinski definition) is 6. The Bertz CT molecular complexity index is 989. The van der Waals surface area contributed by atoms with Gasteiger partial charge in [0.15, 0.2) is 0 Å². The van der Waals surface area contributed by atoms with Crippen molar-refractivity contribution in [2.75, 3.05) is 25.4 Å². The summed E-state index contributed by atoms with van der Waals surface area (Å²) >= 11 is 0. The number of carbonyl (C=O) groups is 2. The van der Waals surface area contributed by atoms with Gasteiger partial charge >= 0.3 is 6.09 Å². The first-order valence-electron chi connectivity index (χ1n) is 11.8. The first-order chi connectivity index (χ1) is 16.5. The van der Waals surface area contributed by atoms with Crippen LogP contribution in [0.5, 0.6) is 0 Å². The summed E-state index contributed by atoms with van der Waals surface area (Å²) in [6.07, 6.45) is 1.88. The van der Waals surface area contributed by atoms with Crippen LogP contribution in [0.1, 0.15) is 52.0 Å². The van der Waals surface area contributed by atoms with Crippen LogP contribution >= 0.6 is 0 Å². The summed E-state index contributed by atoms with van der Waals surface area (Å²) in [7, 11) is -3.53. The van der Waals surface area contributed by atoms with Crippen LogP contribution in [0.3, 0.4) is 0 Å². The van der Waals surface area contributed by atoms with Gasteiger partial charge in [-0.05, 0) is 57.5 Å². The topological polar surface area (TPSA) is 154 Å². The van der Waals surface area contributed by atoms with E-state index in [-0.39, 0.29) is 30.8 Å². The summed E-state index contributed by atoms with van der Waals surface area (Å²) in [5.74, 6) is -0.346. The van der Waals surface area contributed by atoms with E-state index in [2.05, 4.69) is 20.1 Å². The van der Waals surface area contributed by atoms with Gasteiger partial charge in [0.25, 0.3) is 0 Å². The molecule has 2 atom stereocenters. The van der Waals surface area contributed by atoms with E-state index < -0.39 is 27.8 Å². The lowest BCUT2D eigenvalue weighted by Crippen LogP contribution is -2.53. The average molecular weight is 509 g/mol. The zero-order valence-electron chi connectivity index (χ0n) is 20.6. The lowest BCUT2D eigenvalue weighted by molar-refractivity contribution is -0.134. The second-order valence-corrected chi connectivity index (χ2v) is 11.5. The summed E-state index contributed by atoms with van der Waals surface area (Å²) in [5, 5.41) is 6.11. The minimum atomic E-state index is -3.53. The number of ether oxygens (including phenoxy) is 1. The van der Waals surface area contributed by atoms with Crippen molar-refractivity contribution in [2.45, 2.75) is 70.6 Å². The highest BCUT2D eigenvalue weighted by atomic mass is 32.2. The van der Waals surface area contributed by atoms with Gasteiger partial charge in [0.2, 0.25) is 15.9 Å². The van der Waals surface area contributed by atoms with Gasteiger partial charge in [-0.2, -0.15) is 0 Å². The molecule has 0 spiro atoms.